The summed E-state index contributed by atoms with van der Waals surface area (Å²) in [6.07, 6.45) is 2.67. The van der Waals surface area contributed by atoms with Crippen molar-refractivity contribution in [1.29, 1.82) is 0 Å². The van der Waals surface area contributed by atoms with Crippen molar-refractivity contribution in [1.82, 2.24) is 5.32 Å². The van der Waals surface area contributed by atoms with E-state index >= 15 is 0 Å². The number of rotatable bonds is 3. The molecule has 1 fully saturated rings. The van der Waals surface area contributed by atoms with Crippen molar-refractivity contribution < 1.29 is 19.6 Å². The number of non-ortho nitro benzene ring substituents is 1. The number of hydrogen-bond acceptors (Lipinski definition) is 5. The number of nitrogens with zero attached hydrogens (tertiary/aromatic N) is 1. The van der Waals surface area contributed by atoms with Gasteiger partial charge in [-0.1, -0.05) is 6.08 Å². The third-order valence-corrected chi connectivity index (χ3v) is 3.01. The monoisotopic (exact) mass is 288 g/mol. The van der Waals surface area contributed by atoms with Crippen LogP contribution in [-0.2, 0) is 9.59 Å². The number of nitro groups is 1. The van der Waals surface area contributed by atoms with E-state index in [1.54, 1.807) is 0 Å². The number of Topliss-reactive ketones (excluding diaryl/α,β-unsaturated/α-hetero) is 1. The van der Waals surface area contributed by atoms with Crippen molar-refractivity contribution in [2.45, 2.75) is 13.0 Å². The highest BCUT2D eigenvalue weighted by Gasteiger charge is 2.34. The van der Waals surface area contributed by atoms with Crippen molar-refractivity contribution in [3.05, 3.63) is 57.4 Å². The van der Waals surface area contributed by atoms with Crippen LogP contribution in [0.25, 0.3) is 6.08 Å². The molecule has 21 heavy (non-hydrogen) atoms. The summed E-state index contributed by atoms with van der Waals surface area (Å²) >= 11 is 0. The molecule has 0 aromatic heterocycles. The van der Waals surface area contributed by atoms with Gasteiger partial charge in [-0.25, -0.2) is 0 Å². The highest BCUT2D eigenvalue weighted by Crippen LogP contribution is 2.17. The van der Waals surface area contributed by atoms with Crippen LogP contribution < -0.4 is 5.32 Å². The number of amides is 1. The smallest absolute Gasteiger partial charge is 0.269 e. The van der Waals surface area contributed by atoms with Gasteiger partial charge in [0.15, 0.2) is 5.78 Å². The topological polar surface area (TPSA) is 110 Å². The second kappa shape index (κ2) is 5.58. The number of aliphatic hydroxyl groups is 1. The van der Waals surface area contributed by atoms with Gasteiger partial charge in [-0.3, -0.25) is 19.7 Å². The normalized spacial score (nSPS) is 20.7. The van der Waals surface area contributed by atoms with E-state index in [-0.39, 0.29) is 11.3 Å². The van der Waals surface area contributed by atoms with Gasteiger partial charge in [0, 0.05) is 12.1 Å². The molecule has 2 rings (SSSR count). The number of benzene rings is 1. The molecule has 7 nitrogen and oxygen atoms in total. The highest BCUT2D eigenvalue weighted by atomic mass is 16.6. The molecule has 0 saturated carbocycles. The van der Waals surface area contributed by atoms with E-state index in [1.165, 1.54) is 43.3 Å². The summed E-state index contributed by atoms with van der Waals surface area (Å²) in [6, 6.07) is 4.97. The summed E-state index contributed by atoms with van der Waals surface area (Å²) in [7, 11) is 0. The molecule has 1 amide bonds. The van der Waals surface area contributed by atoms with E-state index in [0.29, 0.717) is 5.56 Å². The molecule has 0 spiro atoms. The van der Waals surface area contributed by atoms with E-state index in [1.807, 2.05) is 0 Å². The average Bonchev–Trinajstić information content (AvgIpc) is 2.70. The fourth-order valence-electron chi connectivity index (χ4n) is 1.87. The third kappa shape index (κ3) is 2.97. The lowest BCUT2D eigenvalue weighted by molar-refractivity contribution is -0.384. The summed E-state index contributed by atoms with van der Waals surface area (Å²) in [5.41, 5.74) is 0.265. The van der Waals surface area contributed by atoms with Crippen LogP contribution in [-0.4, -0.2) is 27.8 Å². The van der Waals surface area contributed by atoms with Crippen LogP contribution in [0.3, 0.4) is 0 Å². The van der Waals surface area contributed by atoms with Crippen LogP contribution in [0.5, 0.6) is 0 Å². The number of nitro benzene ring substituents is 1. The van der Waals surface area contributed by atoms with Crippen LogP contribution in [0, 0.1) is 10.1 Å². The quantitative estimate of drug-likeness (QED) is 0.288. The first-order valence-electron chi connectivity index (χ1n) is 6.11. The molecule has 108 valence electrons. The first-order chi connectivity index (χ1) is 9.90. The molecule has 1 aliphatic heterocycles. The van der Waals surface area contributed by atoms with Gasteiger partial charge in [0.2, 0.25) is 0 Å². The van der Waals surface area contributed by atoms with Crippen LogP contribution >= 0.6 is 0 Å². The predicted molar refractivity (Wildman–Crippen MR) is 74.4 cm³/mol. The summed E-state index contributed by atoms with van der Waals surface area (Å²) in [5, 5.41) is 22.7. The Hall–Kier alpha value is -2.96. The number of allylic oxidation sites excluding steroid dienone is 1. The second-order valence-corrected chi connectivity index (χ2v) is 4.50. The molecule has 1 saturated heterocycles. The minimum atomic E-state index is -0.651. The lowest BCUT2D eigenvalue weighted by Crippen LogP contribution is -2.25. The molecule has 0 radical (unpaired) electrons. The van der Waals surface area contributed by atoms with Crippen molar-refractivity contribution in [3.8, 4) is 0 Å². The van der Waals surface area contributed by atoms with E-state index in [4.69, 9.17) is 0 Å². The number of nitrogens with one attached hydrogen (secondary N) is 1. The van der Waals surface area contributed by atoms with Gasteiger partial charge in [0.05, 0.1) is 11.0 Å². The number of hydrogen-bond donors (Lipinski definition) is 2. The van der Waals surface area contributed by atoms with Gasteiger partial charge < -0.3 is 10.4 Å². The minimum Gasteiger partial charge on any atom is -0.507 e. The maximum atomic E-state index is 11.7. The molecule has 1 heterocycles. The van der Waals surface area contributed by atoms with Gasteiger partial charge in [-0.2, -0.15) is 0 Å². The standard InChI is InChI=1S/C14H12N2O5/c1-8-13(18)12(14(19)15-8)11(17)7-4-9-2-5-10(6-3-9)16(20)21/h2-8,17H,1H3,(H,15,19)/b7-4+,12-11+/t8-/m0/s1. The Morgan fingerprint density at radius 2 is 1.95 bits per heavy atom. The summed E-state index contributed by atoms with van der Waals surface area (Å²) < 4.78 is 0. The molecular formula is C14H12N2O5. The SMILES string of the molecule is C[C@@H]1NC(=O)/C(=C(O)\C=C\c2ccc([N+](=O)[O-])cc2)C1=O. The van der Waals surface area contributed by atoms with Gasteiger partial charge in [0.1, 0.15) is 11.3 Å². The predicted octanol–water partition coefficient (Wildman–Crippen LogP) is 1.51. The Kier molecular flexibility index (Phi) is 3.84. The first-order valence-corrected chi connectivity index (χ1v) is 6.11. The van der Waals surface area contributed by atoms with Crippen LogP contribution in [0.2, 0.25) is 0 Å². The van der Waals surface area contributed by atoms with Crippen molar-refractivity contribution in [3.63, 3.8) is 0 Å². The van der Waals surface area contributed by atoms with Crippen molar-refractivity contribution >= 4 is 23.5 Å². The molecule has 0 unspecified atom stereocenters. The van der Waals surface area contributed by atoms with Crippen LogP contribution in [0.15, 0.2) is 41.7 Å². The maximum absolute atomic E-state index is 11.7. The molecule has 7 heteroatoms. The largest absolute Gasteiger partial charge is 0.507 e. The molecule has 1 atom stereocenters. The zero-order valence-corrected chi connectivity index (χ0v) is 11.1. The van der Waals surface area contributed by atoms with Gasteiger partial charge in [-0.05, 0) is 30.7 Å². The molecule has 0 aliphatic carbocycles. The van der Waals surface area contributed by atoms with E-state index in [9.17, 15) is 24.8 Å². The van der Waals surface area contributed by atoms with Crippen molar-refractivity contribution in [2.24, 2.45) is 0 Å². The second-order valence-electron chi connectivity index (χ2n) is 4.50. The van der Waals surface area contributed by atoms with E-state index < -0.39 is 28.4 Å². The van der Waals surface area contributed by atoms with E-state index in [2.05, 4.69) is 5.32 Å². The molecule has 1 aromatic rings. The fraction of sp³-hybridized carbons (Fsp3) is 0.143. The minimum absolute atomic E-state index is 0.0473. The van der Waals surface area contributed by atoms with Gasteiger partial charge in [-0.15, -0.1) is 0 Å². The first kappa shape index (κ1) is 14.4. The molecule has 0 bridgehead atoms. The van der Waals surface area contributed by atoms with Gasteiger partial charge in [0.25, 0.3) is 11.6 Å². The highest BCUT2D eigenvalue weighted by molar-refractivity contribution is 6.27. The van der Waals surface area contributed by atoms with Crippen molar-refractivity contribution in [2.75, 3.05) is 0 Å². The number of carbonyl (C=O) groups excluding carboxylic acids is 2. The number of carbonyl (C=O) groups is 2. The van der Waals surface area contributed by atoms with Crippen LogP contribution in [0.4, 0.5) is 5.69 Å². The number of aliphatic hydroxyl groups excluding tert-OH is 1. The lowest BCUT2D eigenvalue weighted by atomic mass is 10.1. The number of ketones is 1. The Labute approximate surface area is 119 Å². The van der Waals surface area contributed by atoms with Gasteiger partial charge >= 0.3 is 0 Å². The van der Waals surface area contributed by atoms with E-state index in [0.717, 1.165) is 0 Å². The molecule has 1 aromatic carbocycles. The average molecular weight is 288 g/mol. The zero-order chi connectivity index (χ0) is 15.6. The van der Waals surface area contributed by atoms with Crippen LogP contribution in [0.1, 0.15) is 12.5 Å². The Morgan fingerprint density at radius 1 is 1.33 bits per heavy atom. The lowest BCUT2D eigenvalue weighted by Gasteiger charge is -1.97. The fourth-order valence-corrected chi connectivity index (χ4v) is 1.87. The Balaban J connectivity index is 2.22. The summed E-state index contributed by atoms with van der Waals surface area (Å²) in [5.74, 6) is -1.51. The molecule has 2 N–H and O–H groups in total. The Morgan fingerprint density at radius 3 is 2.43 bits per heavy atom. The maximum Gasteiger partial charge on any atom is 0.269 e. The zero-order valence-electron chi connectivity index (χ0n) is 11.1. The summed E-state index contributed by atoms with van der Waals surface area (Å²) in [6.45, 7) is 1.53. The summed E-state index contributed by atoms with van der Waals surface area (Å²) in [4.78, 5) is 33.2. The Bertz CT molecular complexity index is 673. The third-order valence-electron chi connectivity index (χ3n) is 3.01. The molecular weight excluding hydrogens is 276 g/mol. The molecule has 1 aliphatic rings.